The third-order valence-corrected chi connectivity index (χ3v) is 4.33. The van der Waals surface area contributed by atoms with Gasteiger partial charge in [0.2, 0.25) is 0 Å². The highest BCUT2D eigenvalue weighted by atomic mass is 32.2. The monoisotopic (exact) mass is 277 g/mol. The number of hydrogen-bond donors (Lipinski definition) is 2. The Morgan fingerprint density at radius 3 is 2.61 bits per heavy atom. The van der Waals surface area contributed by atoms with Crippen molar-refractivity contribution in [2.45, 2.75) is 18.7 Å². The van der Waals surface area contributed by atoms with Crippen LogP contribution in [0, 0.1) is 5.92 Å². The molecule has 1 aromatic rings. The smallest absolute Gasteiger partial charge is 0.398 e. The number of alkyl halides is 3. The standard InChI is InChI=1S/C12H14F3NOS/c13-12(14,15)8-1-2-9(10(16)5-8)11(17)7-3-4-18-6-7/h1-2,5,7,11,17H,3-4,6,16H2. The molecule has 0 amide bonds. The van der Waals surface area contributed by atoms with Crippen LogP contribution in [0.3, 0.4) is 0 Å². The van der Waals surface area contributed by atoms with E-state index in [0.717, 1.165) is 30.1 Å². The van der Waals surface area contributed by atoms with Gasteiger partial charge in [-0.1, -0.05) is 6.07 Å². The lowest BCUT2D eigenvalue weighted by Crippen LogP contribution is -2.14. The van der Waals surface area contributed by atoms with E-state index in [9.17, 15) is 18.3 Å². The van der Waals surface area contributed by atoms with Gasteiger partial charge in [0.1, 0.15) is 0 Å². The third kappa shape index (κ3) is 2.75. The number of rotatable bonds is 2. The van der Waals surface area contributed by atoms with Crippen molar-refractivity contribution in [3.63, 3.8) is 0 Å². The third-order valence-electron chi connectivity index (χ3n) is 3.14. The van der Waals surface area contributed by atoms with Crippen LogP contribution in [-0.4, -0.2) is 16.6 Å². The average molecular weight is 277 g/mol. The largest absolute Gasteiger partial charge is 0.416 e. The molecular formula is C12H14F3NOS. The molecule has 0 spiro atoms. The normalized spacial score (nSPS) is 22.1. The lowest BCUT2D eigenvalue weighted by molar-refractivity contribution is -0.137. The molecule has 0 bridgehead atoms. The van der Waals surface area contributed by atoms with Gasteiger partial charge in [-0.25, -0.2) is 0 Å². The molecule has 0 saturated carbocycles. The Morgan fingerprint density at radius 2 is 2.11 bits per heavy atom. The van der Waals surface area contributed by atoms with E-state index >= 15 is 0 Å². The van der Waals surface area contributed by atoms with Crippen molar-refractivity contribution in [2.24, 2.45) is 5.92 Å². The highest BCUT2D eigenvalue weighted by Crippen LogP contribution is 2.38. The summed E-state index contributed by atoms with van der Waals surface area (Å²) in [6.45, 7) is 0. The molecule has 3 N–H and O–H groups in total. The topological polar surface area (TPSA) is 46.2 Å². The molecule has 1 fully saturated rings. The second-order valence-corrected chi connectivity index (χ2v) is 5.56. The number of thioether (sulfide) groups is 1. The van der Waals surface area contributed by atoms with Crippen LogP contribution >= 0.6 is 11.8 Å². The van der Waals surface area contributed by atoms with Gasteiger partial charge in [0.25, 0.3) is 0 Å². The first-order valence-electron chi connectivity index (χ1n) is 5.62. The number of hydrogen-bond acceptors (Lipinski definition) is 3. The molecule has 1 aliphatic heterocycles. The number of benzene rings is 1. The van der Waals surface area contributed by atoms with Crippen molar-refractivity contribution in [3.8, 4) is 0 Å². The van der Waals surface area contributed by atoms with Gasteiger partial charge >= 0.3 is 6.18 Å². The predicted octanol–water partition coefficient (Wildman–Crippen LogP) is 3.07. The van der Waals surface area contributed by atoms with Crippen LogP contribution in [0.5, 0.6) is 0 Å². The fraction of sp³-hybridized carbons (Fsp3) is 0.500. The molecule has 2 atom stereocenters. The van der Waals surface area contributed by atoms with E-state index in [4.69, 9.17) is 5.73 Å². The maximum Gasteiger partial charge on any atom is 0.416 e. The van der Waals surface area contributed by atoms with Gasteiger partial charge in [-0.2, -0.15) is 24.9 Å². The predicted molar refractivity (Wildman–Crippen MR) is 66.2 cm³/mol. The summed E-state index contributed by atoms with van der Waals surface area (Å²) >= 11 is 1.74. The van der Waals surface area contributed by atoms with Crippen LogP contribution in [0.2, 0.25) is 0 Å². The SMILES string of the molecule is Nc1cc(C(F)(F)F)ccc1C(O)C1CCSC1. The van der Waals surface area contributed by atoms with Crippen molar-refractivity contribution in [1.82, 2.24) is 0 Å². The Bertz CT molecular complexity index is 430. The van der Waals surface area contributed by atoms with Gasteiger partial charge in [0.15, 0.2) is 0 Å². The van der Waals surface area contributed by atoms with Gasteiger partial charge in [0, 0.05) is 11.3 Å². The molecule has 1 aliphatic rings. The molecule has 2 rings (SSSR count). The first kappa shape index (κ1) is 13.5. The van der Waals surface area contributed by atoms with Crippen LogP contribution in [0.4, 0.5) is 18.9 Å². The van der Waals surface area contributed by atoms with Gasteiger partial charge in [-0.3, -0.25) is 0 Å². The van der Waals surface area contributed by atoms with Gasteiger partial charge in [0.05, 0.1) is 11.7 Å². The number of anilines is 1. The Hall–Kier alpha value is -0.880. The average Bonchev–Trinajstić information content (AvgIpc) is 2.80. The Morgan fingerprint density at radius 1 is 1.39 bits per heavy atom. The first-order chi connectivity index (χ1) is 8.39. The molecular weight excluding hydrogens is 263 g/mol. The maximum atomic E-state index is 12.5. The number of aliphatic hydroxyl groups is 1. The molecule has 1 saturated heterocycles. The van der Waals surface area contributed by atoms with Crippen molar-refractivity contribution in [1.29, 1.82) is 0 Å². The minimum atomic E-state index is -4.40. The van der Waals surface area contributed by atoms with Crippen molar-refractivity contribution in [3.05, 3.63) is 29.3 Å². The zero-order valence-corrected chi connectivity index (χ0v) is 10.4. The summed E-state index contributed by atoms with van der Waals surface area (Å²) in [7, 11) is 0. The minimum Gasteiger partial charge on any atom is -0.398 e. The summed E-state index contributed by atoms with van der Waals surface area (Å²) in [4.78, 5) is 0. The van der Waals surface area contributed by atoms with E-state index in [1.54, 1.807) is 11.8 Å². The molecule has 6 heteroatoms. The molecule has 1 heterocycles. The minimum absolute atomic E-state index is 0.00854. The van der Waals surface area contributed by atoms with Crippen molar-refractivity contribution in [2.75, 3.05) is 17.2 Å². The van der Waals surface area contributed by atoms with Crippen LogP contribution in [0.15, 0.2) is 18.2 Å². The van der Waals surface area contributed by atoms with E-state index in [1.807, 2.05) is 0 Å². The van der Waals surface area contributed by atoms with Gasteiger partial charge in [-0.05, 0) is 36.0 Å². The summed E-state index contributed by atoms with van der Waals surface area (Å²) in [5.74, 6) is 1.87. The summed E-state index contributed by atoms with van der Waals surface area (Å²) in [6.07, 6.45) is -4.31. The number of aliphatic hydroxyl groups excluding tert-OH is 1. The zero-order chi connectivity index (χ0) is 13.3. The van der Waals surface area contributed by atoms with E-state index in [0.29, 0.717) is 5.56 Å². The fourth-order valence-corrected chi connectivity index (χ4v) is 3.36. The number of nitrogens with two attached hydrogens (primary N) is 1. The second-order valence-electron chi connectivity index (χ2n) is 4.41. The van der Waals surface area contributed by atoms with Gasteiger partial charge < -0.3 is 10.8 Å². The number of halogens is 3. The molecule has 100 valence electrons. The summed E-state index contributed by atoms with van der Waals surface area (Å²) in [5, 5.41) is 10.1. The maximum absolute atomic E-state index is 12.5. The quantitative estimate of drug-likeness (QED) is 0.817. The Balaban J connectivity index is 2.24. The lowest BCUT2D eigenvalue weighted by Gasteiger charge is -2.20. The van der Waals surface area contributed by atoms with E-state index < -0.39 is 17.8 Å². The van der Waals surface area contributed by atoms with E-state index in [2.05, 4.69) is 0 Å². The Labute approximate surface area is 107 Å². The molecule has 2 nitrogen and oxygen atoms in total. The molecule has 18 heavy (non-hydrogen) atoms. The van der Waals surface area contributed by atoms with Crippen LogP contribution in [0.25, 0.3) is 0 Å². The van der Waals surface area contributed by atoms with Crippen LogP contribution in [0.1, 0.15) is 23.7 Å². The molecule has 0 aromatic heterocycles. The van der Waals surface area contributed by atoms with Crippen molar-refractivity contribution < 1.29 is 18.3 Å². The highest BCUT2D eigenvalue weighted by molar-refractivity contribution is 7.99. The van der Waals surface area contributed by atoms with Crippen molar-refractivity contribution >= 4 is 17.4 Å². The van der Waals surface area contributed by atoms with Crippen LogP contribution < -0.4 is 5.73 Å². The second kappa shape index (κ2) is 5.01. The van der Waals surface area contributed by atoms with Crippen LogP contribution in [-0.2, 0) is 6.18 Å². The van der Waals surface area contributed by atoms with E-state index in [1.165, 1.54) is 6.07 Å². The molecule has 0 aliphatic carbocycles. The summed E-state index contributed by atoms with van der Waals surface area (Å²) < 4.78 is 37.4. The molecule has 2 unspecified atom stereocenters. The summed E-state index contributed by atoms with van der Waals surface area (Å²) in [5.41, 5.74) is 5.25. The Kier molecular flexibility index (Phi) is 3.77. The number of nitrogen functional groups attached to an aromatic ring is 1. The highest BCUT2D eigenvalue weighted by Gasteiger charge is 2.32. The molecule has 0 radical (unpaired) electrons. The van der Waals surface area contributed by atoms with Gasteiger partial charge in [-0.15, -0.1) is 0 Å². The fourth-order valence-electron chi connectivity index (χ4n) is 2.08. The van der Waals surface area contributed by atoms with E-state index in [-0.39, 0.29) is 11.6 Å². The molecule has 1 aromatic carbocycles. The zero-order valence-electron chi connectivity index (χ0n) is 9.57. The first-order valence-corrected chi connectivity index (χ1v) is 6.77. The summed E-state index contributed by atoms with van der Waals surface area (Å²) in [6, 6.07) is 3.14. The lowest BCUT2D eigenvalue weighted by atomic mass is 9.93.